The molecule has 0 N–H and O–H groups in total. The molecule has 9 heteroatoms. The molecule has 6 nitrogen and oxygen atoms in total. The van der Waals surface area contributed by atoms with Gasteiger partial charge in [0.2, 0.25) is 5.95 Å². The van der Waals surface area contributed by atoms with Crippen LogP contribution in [0.4, 0.5) is 24.8 Å². The molecular weight excluding hydrogens is 489 g/mol. The van der Waals surface area contributed by atoms with Gasteiger partial charge < -0.3 is 14.4 Å². The second-order valence-electron chi connectivity index (χ2n) is 11.1. The Morgan fingerprint density at radius 1 is 0.842 bits per heavy atom. The van der Waals surface area contributed by atoms with Gasteiger partial charge in [0, 0.05) is 45.3 Å². The first-order chi connectivity index (χ1) is 17.9. The largest absolute Gasteiger partial charge is 0.416 e. The van der Waals surface area contributed by atoms with E-state index in [4.69, 9.17) is 9.97 Å². The minimum absolute atomic E-state index is 0.0495. The predicted octanol–water partition coefficient (Wildman–Crippen LogP) is 5.91. The van der Waals surface area contributed by atoms with Crippen molar-refractivity contribution in [3.8, 4) is 0 Å². The van der Waals surface area contributed by atoms with E-state index in [0.717, 1.165) is 29.0 Å². The molecule has 2 aromatic heterocycles. The number of anilines is 2. The van der Waals surface area contributed by atoms with Gasteiger partial charge in [0.05, 0.1) is 17.6 Å². The van der Waals surface area contributed by atoms with Crippen LogP contribution in [0.5, 0.6) is 0 Å². The first-order valence-electron chi connectivity index (χ1n) is 12.9. The third-order valence-electron chi connectivity index (χ3n) is 7.33. The lowest BCUT2D eigenvalue weighted by atomic mass is 9.84. The smallest absolute Gasteiger partial charge is 0.368 e. The van der Waals surface area contributed by atoms with Crippen molar-refractivity contribution in [2.75, 3.05) is 36.0 Å². The number of aryl methyl sites for hydroxylation is 2. The van der Waals surface area contributed by atoms with Gasteiger partial charge in [0.15, 0.2) is 5.65 Å². The van der Waals surface area contributed by atoms with Crippen LogP contribution in [-0.2, 0) is 25.1 Å². The van der Waals surface area contributed by atoms with Crippen molar-refractivity contribution in [1.82, 2.24) is 19.5 Å². The van der Waals surface area contributed by atoms with E-state index in [9.17, 15) is 13.2 Å². The molecular formula is C29H33F3N6. The quantitative estimate of drug-likeness (QED) is 0.334. The highest BCUT2D eigenvalue weighted by atomic mass is 19.4. The zero-order valence-electron chi connectivity index (χ0n) is 22.5. The fourth-order valence-corrected chi connectivity index (χ4v) is 4.93. The van der Waals surface area contributed by atoms with Crippen molar-refractivity contribution >= 4 is 22.8 Å². The molecule has 1 saturated heterocycles. The van der Waals surface area contributed by atoms with Crippen LogP contribution in [0.3, 0.4) is 0 Å². The first kappa shape index (κ1) is 26.0. The number of rotatable bonds is 4. The van der Waals surface area contributed by atoms with Gasteiger partial charge >= 0.3 is 6.18 Å². The van der Waals surface area contributed by atoms with Gasteiger partial charge in [0.1, 0.15) is 5.52 Å². The van der Waals surface area contributed by atoms with Crippen LogP contribution in [0.2, 0.25) is 0 Å². The summed E-state index contributed by atoms with van der Waals surface area (Å²) in [7, 11) is 1.96. The normalized spacial score (nSPS) is 14.9. The van der Waals surface area contributed by atoms with Crippen LogP contribution in [0.25, 0.3) is 11.2 Å². The van der Waals surface area contributed by atoms with E-state index >= 15 is 0 Å². The van der Waals surface area contributed by atoms with Crippen molar-refractivity contribution < 1.29 is 13.2 Å². The molecule has 0 amide bonds. The Hall–Kier alpha value is -3.62. The van der Waals surface area contributed by atoms with Gasteiger partial charge in [-0.05, 0) is 53.3 Å². The van der Waals surface area contributed by atoms with Crippen LogP contribution >= 0.6 is 0 Å². The molecule has 38 heavy (non-hydrogen) atoms. The number of hydrogen-bond acceptors (Lipinski definition) is 5. The molecule has 0 atom stereocenters. The lowest BCUT2D eigenvalue weighted by Gasteiger charge is -2.36. The third-order valence-corrected chi connectivity index (χ3v) is 7.33. The fourth-order valence-electron chi connectivity index (χ4n) is 4.93. The Kier molecular flexibility index (Phi) is 6.57. The van der Waals surface area contributed by atoms with Crippen molar-refractivity contribution in [3.63, 3.8) is 0 Å². The van der Waals surface area contributed by atoms with Crippen molar-refractivity contribution in [3.05, 3.63) is 76.7 Å². The van der Waals surface area contributed by atoms with E-state index in [1.807, 2.05) is 11.6 Å². The summed E-state index contributed by atoms with van der Waals surface area (Å²) in [6.45, 7) is 11.4. The Bertz CT molecular complexity index is 1440. The lowest BCUT2D eigenvalue weighted by molar-refractivity contribution is -0.137. The van der Waals surface area contributed by atoms with E-state index in [1.165, 1.54) is 16.7 Å². The molecule has 200 valence electrons. The molecule has 4 aromatic rings. The van der Waals surface area contributed by atoms with E-state index in [1.54, 1.807) is 18.5 Å². The summed E-state index contributed by atoms with van der Waals surface area (Å²) in [5.74, 6) is 0.642. The molecule has 0 bridgehead atoms. The van der Waals surface area contributed by atoms with Crippen LogP contribution in [-0.4, -0.2) is 45.7 Å². The van der Waals surface area contributed by atoms with Crippen LogP contribution in [0.1, 0.15) is 48.7 Å². The average Bonchev–Trinajstić information content (AvgIpc) is 3.25. The SMILES string of the molecule is Cc1ccc(C(C)(C)C)cc1Cc1nc(N2CCN(c3ccc(C(F)(F)F)cc3)CC2)nc2ncn(C)c12. The van der Waals surface area contributed by atoms with Gasteiger partial charge in [-0.1, -0.05) is 39.0 Å². The molecule has 3 heterocycles. The van der Waals surface area contributed by atoms with Crippen LogP contribution in [0, 0.1) is 6.92 Å². The van der Waals surface area contributed by atoms with Gasteiger partial charge in [-0.3, -0.25) is 0 Å². The molecule has 5 rings (SSSR count). The second-order valence-corrected chi connectivity index (χ2v) is 11.1. The Morgan fingerprint density at radius 2 is 1.47 bits per heavy atom. The lowest BCUT2D eigenvalue weighted by Crippen LogP contribution is -2.47. The molecule has 0 spiro atoms. The minimum Gasteiger partial charge on any atom is -0.368 e. The Labute approximate surface area is 221 Å². The van der Waals surface area contributed by atoms with Crippen LogP contribution < -0.4 is 9.80 Å². The number of imidazole rings is 1. The molecule has 0 radical (unpaired) electrons. The summed E-state index contributed by atoms with van der Waals surface area (Å²) in [5.41, 5.74) is 6.47. The predicted molar refractivity (Wildman–Crippen MR) is 145 cm³/mol. The highest BCUT2D eigenvalue weighted by Gasteiger charge is 2.30. The number of fused-ring (bicyclic) bond motifs is 1. The number of aromatic nitrogens is 4. The maximum Gasteiger partial charge on any atom is 0.416 e. The number of benzene rings is 2. The molecule has 1 aliphatic heterocycles. The van der Waals surface area contributed by atoms with Gasteiger partial charge in [-0.25, -0.2) is 9.97 Å². The van der Waals surface area contributed by atoms with Crippen molar-refractivity contribution in [2.24, 2.45) is 7.05 Å². The maximum absolute atomic E-state index is 12.9. The summed E-state index contributed by atoms with van der Waals surface area (Å²) < 4.78 is 40.8. The van der Waals surface area contributed by atoms with E-state index < -0.39 is 11.7 Å². The number of halogens is 3. The average molecular weight is 523 g/mol. The fraction of sp³-hybridized carbons (Fsp3) is 0.414. The van der Waals surface area contributed by atoms with E-state index in [-0.39, 0.29) is 5.41 Å². The van der Waals surface area contributed by atoms with E-state index in [0.29, 0.717) is 44.2 Å². The molecule has 0 saturated carbocycles. The van der Waals surface area contributed by atoms with Crippen molar-refractivity contribution in [1.29, 1.82) is 0 Å². The highest BCUT2D eigenvalue weighted by molar-refractivity contribution is 5.75. The molecule has 2 aromatic carbocycles. The van der Waals surface area contributed by atoms with Gasteiger partial charge in [-0.2, -0.15) is 18.2 Å². The molecule has 0 unspecified atom stereocenters. The van der Waals surface area contributed by atoms with Gasteiger partial charge in [0.25, 0.3) is 0 Å². The number of hydrogen-bond donors (Lipinski definition) is 0. The third kappa shape index (κ3) is 5.19. The summed E-state index contributed by atoms with van der Waals surface area (Å²) in [5, 5.41) is 0. The first-order valence-corrected chi connectivity index (χ1v) is 12.9. The molecule has 0 aliphatic carbocycles. The Balaban J connectivity index is 1.39. The summed E-state index contributed by atoms with van der Waals surface area (Å²) in [6.07, 6.45) is -1.89. The topological polar surface area (TPSA) is 50.1 Å². The summed E-state index contributed by atoms with van der Waals surface area (Å²) in [6, 6.07) is 12.0. The number of alkyl halides is 3. The molecule has 1 aliphatic rings. The highest BCUT2D eigenvalue weighted by Crippen LogP contribution is 2.31. The van der Waals surface area contributed by atoms with Crippen LogP contribution in [0.15, 0.2) is 48.8 Å². The Morgan fingerprint density at radius 3 is 2.11 bits per heavy atom. The minimum atomic E-state index is -4.33. The summed E-state index contributed by atoms with van der Waals surface area (Å²) in [4.78, 5) is 18.6. The van der Waals surface area contributed by atoms with E-state index in [2.05, 4.69) is 60.7 Å². The molecule has 1 fully saturated rings. The van der Waals surface area contributed by atoms with Gasteiger partial charge in [-0.15, -0.1) is 0 Å². The zero-order chi connectivity index (χ0) is 27.2. The second kappa shape index (κ2) is 9.60. The van der Waals surface area contributed by atoms with Crippen molar-refractivity contribution in [2.45, 2.75) is 45.7 Å². The monoisotopic (exact) mass is 522 g/mol. The standard InChI is InChI=1S/C29H33F3N6/c1-19-6-7-22(28(2,3)4)16-20(19)17-24-25-26(33-18-36(25)5)35-27(34-24)38-14-12-37(13-15-38)23-10-8-21(9-11-23)29(30,31)32/h6-11,16,18H,12-15,17H2,1-5H3. The number of nitrogens with zero attached hydrogens (tertiary/aromatic N) is 6. The zero-order valence-corrected chi connectivity index (χ0v) is 22.5. The summed E-state index contributed by atoms with van der Waals surface area (Å²) >= 11 is 0. The number of piperazine rings is 1. The maximum atomic E-state index is 12.9.